The largest absolute Gasteiger partial charge is 0.494 e. The average Bonchev–Trinajstić information content (AvgIpc) is 2.66. The van der Waals surface area contributed by atoms with Crippen molar-refractivity contribution in [1.82, 2.24) is 4.90 Å². The molecule has 5 nitrogen and oxygen atoms in total. The number of ether oxygens (including phenoxy) is 1. The van der Waals surface area contributed by atoms with E-state index < -0.39 is 5.82 Å². The molecule has 0 spiro atoms. The molecule has 0 radical (unpaired) electrons. The fourth-order valence-electron chi connectivity index (χ4n) is 2.86. The summed E-state index contributed by atoms with van der Waals surface area (Å²) in [7, 11) is 0. The second kappa shape index (κ2) is 8.27. The van der Waals surface area contributed by atoms with Crippen LogP contribution in [0.5, 0.6) is 5.75 Å². The van der Waals surface area contributed by atoms with E-state index in [1.165, 1.54) is 18.2 Å². The van der Waals surface area contributed by atoms with Crippen molar-refractivity contribution in [2.45, 2.75) is 6.92 Å². The van der Waals surface area contributed by atoms with Crippen molar-refractivity contribution in [1.29, 1.82) is 0 Å². The van der Waals surface area contributed by atoms with Crippen LogP contribution in [0, 0.1) is 5.82 Å². The SMILES string of the molecule is CCOc1ccc(N2CCN(C(=O)Nc3ccc(F)c(Cl)c3)CC2)cc1. The van der Waals surface area contributed by atoms with Gasteiger partial charge >= 0.3 is 6.03 Å². The molecule has 0 aliphatic carbocycles. The van der Waals surface area contributed by atoms with Crippen LogP contribution in [0.2, 0.25) is 5.02 Å². The number of amides is 2. The molecule has 0 unspecified atom stereocenters. The molecule has 2 amide bonds. The highest BCUT2D eigenvalue weighted by molar-refractivity contribution is 6.31. The molecule has 1 heterocycles. The molecule has 1 N–H and O–H groups in total. The Morgan fingerprint density at radius 1 is 1.15 bits per heavy atom. The van der Waals surface area contributed by atoms with Gasteiger partial charge in [0.1, 0.15) is 11.6 Å². The number of rotatable bonds is 4. The zero-order valence-corrected chi connectivity index (χ0v) is 15.3. The number of urea groups is 1. The standard InChI is InChI=1S/C19H21ClFN3O2/c1-2-26-16-6-4-15(5-7-16)23-9-11-24(12-10-23)19(25)22-14-3-8-18(21)17(20)13-14/h3-8,13H,2,9-12H2,1H3,(H,22,25). The Hall–Kier alpha value is -2.47. The summed E-state index contributed by atoms with van der Waals surface area (Å²) in [5, 5.41) is 2.75. The zero-order chi connectivity index (χ0) is 18.5. The summed E-state index contributed by atoms with van der Waals surface area (Å²) < 4.78 is 18.7. The van der Waals surface area contributed by atoms with Crippen molar-refractivity contribution < 1.29 is 13.9 Å². The van der Waals surface area contributed by atoms with Gasteiger partial charge < -0.3 is 19.9 Å². The number of benzene rings is 2. The smallest absolute Gasteiger partial charge is 0.321 e. The molecule has 2 aromatic carbocycles. The molecular weight excluding hydrogens is 357 g/mol. The third kappa shape index (κ3) is 4.38. The van der Waals surface area contributed by atoms with Crippen LogP contribution in [0.3, 0.4) is 0 Å². The quantitative estimate of drug-likeness (QED) is 0.867. The van der Waals surface area contributed by atoms with Gasteiger partial charge in [0.2, 0.25) is 0 Å². The summed E-state index contributed by atoms with van der Waals surface area (Å²) in [6.07, 6.45) is 0. The lowest BCUT2D eigenvalue weighted by Gasteiger charge is -2.36. The third-order valence-electron chi connectivity index (χ3n) is 4.25. The lowest BCUT2D eigenvalue weighted by Crippen LogP contribution is -2.50. The van der Waals surface area contributed by atoms with E-state index in [2.05, 4.69) is 10.2 Å². The highest BCUT2D eigenvalue weighted by Gasteiger charge is 2.21. The molecule has 1 fully saturated rings. The number of carbonyl (C=O) groups excluding carboxylic acids is 1. The van der Waals surface area contributed by atoms with Crippen molar-refractivity contribution in [3.63, 3.8) is 0 Å². The monoisotopic (exact) mass is 377 g/mol. The van der Waals surface area contributed by atoms with Gasteiger partial charge in [0.05, 0.1) is 11.6 Å². The van der Waals surface area contributed by atoms with Gasteiger partial charge in [-0.05, 0) is 49.4 Å². The molecule has 0 saturated carbocycles. The van der Waals surface area contributed by atoms with Crippen LogP contribution in [0.15, 0.2) is 42.5 Å². The molecule has 7 heteroatoms. The molecule has 1 aliphatic heterocycles. The predicted octanol–water partition coefficient (Wildman–Crippen LogP) is 4.23. The van der Waals surface area contributed by atoms with E-state index in [1.807, 2.05) is 31.2 Å². The van der Waals surface area contributed by atoms with Gasteiger partial charge in [0, 0.05) is 37.6 Å². The normalized spacial score (nSPS) is 14.3. The van der Waals surface area contributed by atoms with E-state index in [0.29, 0.717) is 25.4 Å². The van der Waals surface area contributed by atoms with Gasteiger partial charge in [-0.25, -0.2) is 9.18 Å². The summed E-state index contributed by atoms with van der Waals surface area (Å²) in [6.45, 7) is 5.30. The number of hydrogen-bond donors (Lipinski definition) is 1. The Kier molecular flexibility index (Phi) is 5.83. The Morgan fingerprint density at radius 3 is 2.46 bits per heavy atom. The number of piperazine rings is 1. The van der Waals surface area contributed by atoms with E-state index >= 15 is 0 Å². The molecule has 0 aromatic heterocycles. The maximum atomic E-state index is 13.2. The number of halogens is 2. The first-order valence-corrected chi connectivity index (χ1v) is 8.93. The van der Waals surface area contributed by atoms with Crippen molar-refractivity contribution >= 4 is 29.0 Å². The van der Waals surface area contributed by atoms with Crippen LogP contribution in [0.25, 0.3) is 0 Å². The maximum Gasteiger partial charge on any atom is 0.321 e. The van der Waals surface area contributed by atoms with Crippen LogP contribution >= 0.6 is 11.6 Å². The molecule has 26 heavy (non-hydrogen) atoms. The summed E-state index contributed by atoms with van der Waals surface area (Å²) >= 11 is 5.75. The Morgan fingerprint density at radius 2 is 1.85 bits per heavy atom. The van der Waals surface area contributed by atoms with Gasteiger partial charge in [-0.3, -0.25) is 0 Å². The molecule has 2 aromatic rings. The first-order valence-electron chi connectivity index (χ1n) is 8.55. The van der Waals surface area contributed by atoms with Crippen molar-refractivity contribution in [3.05, 3.63) is 53.3 Å². The summed E-state index contributed by atoms with van der Waals surface area (Å²) in [5.41, 5.74) is 1.59. The summed E-state index contributed by atoms with van der Waals surface area (Å²) in [5.74, 6) is 0.348. The molecule has 1 aliphatic rings. The summed E-state index contributed by atoms with van der Waals surface area (Å²) in [6, 6.07) is 11.9. The third-order valence-corrected chi connectivity index (χ3v) is 4.54. The van der Waals surface area contributed by atoms with E-state index in [4.69, 9.17) is 16.3 Å². The van der Waals surface area contributed by atoms with Crippen LogP contribution in [-0.2, 0) is 0 Å². The minimum atomic E-state index is -0.506. The first kappa shape index (κ1) is 18.3. The average molecular weight is 378 g/mol. The number of nitrogens with zero attached hydrogens (tertiary/aromatic N) is 2. The van der Waals surface area contributed by atoms with Crippen LogP contribution in [-0.4, -0.2) is 43.7 Å². The fourth-order valence-corrected chi connectivity index (χ4v) is 3.04. The van der Waals surface area contributed by atoms with E-state index in [0.717, 1.165) is 24.5 Å². The molecular formula is C19H21ClFN3O2. The van der Waals surface area contributed by atoms with Gasteiger partial charge in [-0.1, -0.05) is 11.6 Å². The van der Waals surface area contributed by atoms with Gasteiger partial charge in [0.25, 0.3) is 0 Å². The van der Waals surface area contributed by atoms with Crippen LogP contribution < -0.4 is 15.0 Å². The minimum Gasteiger partial charge on any atom is -0.494 e. The molecule has 3 rings (SSSR count). The number of anilines is 2. The van der Waals surface area contributed by atoms with Crippen molar-refractivity contribution in [2.24, 2.45) is 0 Å². The molecule has 138 valence electrons. The predicted molar refractivity (Wildman–Crippen MR) is 102 cm³/mol. The number of hydrogen-bond acceptors (Lipinski definition) is 3. The second-order valence-corrected chi connectivity index (χ2v) is 6.37. The molecule has 0 bridgehead atoms. The van der Waals surface area contributed by atoms with Gasteiger partial charge in [-0.15, -0.1) is 0 Å². The Bertz CT molecular complexity index is 762. The highest BCUT2D eigenvalue weighted by Crippen LogP contribution is 2.22. The second-order valence-electron chi connectivity index (χ2n) is 5.96. The van der Waals surface area contributed by atoms with Gasteiger partial charge in [0.15, 0.2) is 0 Å². The number of nitrogens with one attached hydrogen (secondary N) is 1. The summed E-state index contributed by atoms with van der Waals surface area (Å²) in [4.78, 5) is 16.3. The van der Waals surface area contributed by atoms with Crippen LogP contribution in [0.4, 0.5) is 20.6 Å². The lowest BCUT2D eigenvalue weighted by atomic mass is 10.2. The topological polar surface area (TPSA) is 44.8 Å². The van der Waals surface area contributed by atoms with Crippen LogP contribution in [0.1, 0.15) is 6.92 Å². The lowest BCUT2D eigenvalue weighted by molar-refractivity contribution is 0.208. The fraction of sp³-hybridized carbons (Fsp3) is 0.316. The zero-order valence-electron chi connectivity index (χ0n) is 14.5. The molecule has 1 saturated heterocycles. The Balaban J connectivity index is 1.54. The van der Waals surface area contributed by atoms with Crippen molar-refractivity contribution in [3.8, 4) is 5.75 Å². The number of carbonyl (C=O) groups is 1. The van der Waals surface area contributed by atoms with E-state index in [-0.39, 0.29) is 11.1 Å². The van der Waals surface area contributed by atoms with Gasteiger partial charge in [-0.2, -0.15) is 0 Å². The van der Waals surface area contributed by atoms with E-state index in [9.17, 15) is 9.18 Å². The Labute approximate surface area is 157 Å². The minimum absolute atomic E-state index is 0.0110. The first-order chi connectivity index (χ1) is 12.6. The highest BCUT2D eigenvalue weighted by atomic mass is 35.5. The van der Waals surface area contributed by atoms with E-state index in [1.54, 1.807) is 4.90 Å². The molecule has 0 atom stereocenters. The maximum absolute atomic E-state index is 13.2. The van der Waals surface area contributed by atoms with Crippen molar-refractivity contribution in [2.75, 3.05) is 43.0 Å².